The molecule has 0 bridgehead atoms. The van der Waals surface area contributed by atoms with Crippen molar-refractivity contribution in [3.8, 4) is 11.5 Å². The molecule has 2 unspecified atom stereocenters. The average molecular weight is 331 g/mol. The summed E-state index contributed by atoms with van der Waals surface area (Å²) in [6.07, 6.45) is 6.39. The fraction of sp³-hybridized carbons (Fsp3) is 0.632. The zero-order valence-corrected chi connectivity index (χ0v) is 15.0. The lowest BCUT2D eigenvalue weighted by atomic mass is 10.2. The van der Waals surface area contributed by atoms with E-state index in [1.807, 2.05) is 19.2 Å². The molecule has 5 heteroatoms. The van der Waals surface area contributed by atoms with Crippen molar-refractivity contribution in [2.45, 2.75) is 57.7 Å². The lowest BCUT2D eigenvalue weighted by Gasteiger charge is -2.17. The summed E-state index contributed by atoms with van der Waals surface area (Å²) in [7, 11) is 3.50. The average Bonchev–Trinajstić information content (AvgIpc) is 3.06. The monoisotopic (exact) mass is 331 g/mol. The molecular weight excluding hydrogens is 302 g/mol. The molecule has 1 aromatic carbocycles. The first-order valence-electron chi connectivity index (χ1n) is 9.00. The number of ether oxygens (including phenoxy) is 2. The molecule has 0 amide bonds. The minimum atomic E-state index is 0.339. The molecule has 0 heterocycles. The summed E-state index contributed by atoms with van der Waals surface area (Å²) in [6, 6.07) is 6.72. The van der Waals surface area contributed by atoms with Crippen molar-refractivity contribution >= 4 is 5.96 Å². The van der Waals surface area contributed by atoms with Crippen molar-refractivity contribution in [1.82, 2.24) is 10.6 Å². The highest BCUT2D eigenvalue weighted by Gasteiger charge is 2.33. The Labute approximate surface area is 144 Å². The van der Waals surface area contributed by atoms with Crippen LogP contribution in [0.5, 0.6) is 11.5 Å². The van der Waals surface area contributed by atoms with Crippen molar-refractivity contribution in [1.29, 1.82) is 0 Å². The van der Waals surface area contributed by atoms with Gasteiger partial charge in [0.15, 0.2) is 17.5 Å². The summed E-state index contributed by atoms with van der Waals surface area (Å²) >= 11 is 0. The Morgan fingerprint density at radius 1 is 1.25 bits per heavy atom. The number of aliphatic imine (C=N–C) groups is 1. The van der Waals surface area contributed by atoms with Crippen LogP contribution in [0.4, 0.5) is 0 Å². The second-order valence-electron chi connectivity index (χ2n) is 6.90. The third-order valence-electron chi connectivity index (χ3n) is 4.94. The third kappa shape index (κ3) is 4.34. The van der Waals surface area contributed by atoms with Gasteiger partial charge in [0, 0.05) is 19.6 Å². The highest BCUT2D eigenvalue weighted by atomic mass is 16.5. The van der Waals surface area contributed by atoms with Crippen molar-refractivity contribution in [3.05, 3.63) is 23.8 Å². The molecule has 2 atom stereocenters. The van der Waals surface area contributed by atoms with Crippen molar-refractivity contribution in [2.24, 2.45) is 10.9 Å². The predicted molar refractivity (Wildman–Crippen MR) is 96.8 cm³/mol. The molecule has 24 heavy (non-hydrogen) atoms. The molecule has 0 aromatic heterocycles. The van der Waals surface area contributed by atoms with Crippen LogP contribution in [0, 0.1) is 5.92 Å². The van der Waals surface area contributed by atoms with Crippen molar-refractivity contribution in [2.75, 3.05) is 14.2 Å². The van der Waals surface area contributed by atoms with Gasteiger partial charge in [0.2, 0.25) is 0 Å². The highest BCUT2D eigenvalue weighted by molar-refractivity contribution is 5.80. The van der Waals surface area contributed by atoms with Gasteiger partial charge in [0.25, 0.3) is 0 Å². The van der Waals surface area contributed by atoms with Gasteiger partial charge in [0.1, 0.15) is 0 Å². The first kappa shape index (κ1) is 16.9. The molecule has 0 saturated heterocycles. The summed E-state index contributed by atoms with van der Waals surface area (Å²) in [5, 5.41) is 6.80. The molecule has 132 valence electrons. The van der Waals surface area contributed by atoms with E-state index >= 15 is 0 Å². The zero-order valence-electron chi connectivity index (χ0n) is 15.0. The molecule has 2 aliphatic rings. The Balaban J connectivity index is 1.57. The molecule has 2 aliphatic carbocycles. The smallest absolute Gasteiger partial charge is 0.191 e. The van der Waals surface area contributed by atoms with Crippen molar-refractivity contribution in [3.63, 3.8) is 0 Å². The van der Waals surface area contributed by atoms with Crippen LogP contribution >= 0.6 is 0 Å². The predicted octanol–water partition coefficient (Wildman–Crippen LogP) is 3.09. The Hall–Kier alpha value is -1.91. The fourth-order valence-electron chi connectivity index (χ4n) is 3.18. The van der Waals surface area contributed by atoms with Crippen LogP contribution in [0.15, 0.2) is 23.2 Å². The third-order valence-corrected chi connectivity index (χ3v) is 4.94. The second-order valence-corrected chi connectivity index (χ2v) is 6.90. The van der Waals surface area contributed by atoms with Gasteiger partial charge >= 0.3 is 0 Å². The Bertz CT molecular complexity index is 582. The molecule has 5 nitrogen and oxygen atoms in total. The number of nitrogens with zero attached hydrogens (tertiary/aromatic N) is 1. The molecule has 2 saturated carbocycles. The Morgan fingerprint density at radius 2 is 2.00 bits per heavy atom. The fourth-order valence-corrected chi connectivity index (χ4v) is 3.18. The van der Waals surface area contributed by atoms with E-state index < -0.39 is 0 Å². The first-order chi connectivity index (χ1) is 11.7. The minimum absolute atomic E-state index is 0.339. The number of methoxy groups -OCH3 is 1. The first-order valence-corrected chi connectivity index (χ1v) is 9.00. The van der Waals surface area contributed by atoms with Gasteiger partial charge in [-0.05, 0) is 55.7 Å². The maximum absolute atomic E-state index is 6.09. The Kier molecular flexibility index (Phi) is 5.48. The molecule has 0 radical (unpaired) electrons. The van der Waals surface area contributed by atoms with Gasteiger partial charge in [-0.2, -0.15) is 0 Å². The van der Waals surface area contributed by atoms with Crippen LogP contribution in [0.3, 0.4) is 0 Å². The number of hydrogen-bond donors (Lipinski definition) is 2. The molecule has 2 fully saturated rings. The van der Waals surface area contributed by atoms with Gasteiger partial charge in [-0.15, -0.1) is 0 Å². The van der Waals surface area contributed by atoms with Gasteiger partial charge in [-0.25, -0.2) is 0 Å². The molecule has 3 rings (SSSR count). The number of nitrogens with one attached hydrogen (secondary N) is 2. The van der Waals surface area contributed by atoms with E-state index in [4.69, 9.17) is 9.47 Å². The van der Waals surface area contributed by atoms with Gasteiger partial charge < -0.3 is 20.1 Å². The molecule has 1 aromatic rings. The van der Waals surface area contributed by atoms with Gasteiger partial charge in [0.05, 0.1) is 13.2 Å². The van der Waals surface area contributed by atoms with E-state index in [-0.39, 0.29) is 0 Å². The SMILES string of the molecule is CN=C(NCc1ccc(OC2CCCC2)c(OC)c1)NC1CC1C. The summed E-state index contributed by atoms with van der Waals surface area (Å²) in [6.45, 7) is 2.96. The lowest BCUT2D eigenvalue weighted by molar-refractivity contribution is 0.200. The summed E-state index contributed by atoms with van der Waals surface area (Å²) in [5.74, 6) is 3.26. The quantitative estimate of drug-likeness (QED) is 0.621. The second kappa shape index (κ2) is 7.77. The standard InChI is InChI=1S/C19H29N3O2/c1-13-10-16(13)22-19(20-2)21-12-14-8-9-17(18(11-14)23-3)24-15-6-4-5-7-15/h8-9,11,13,15-16H,4-7,10,12H2,1-3H3,(H2,20,21,22). The van der Waals surface area contributed by atoms with E-state index in [0.717, 1.165) is 41.8 Å². The van der Waals surface area contributed by atoms with Gasteiger partial charge in [-0.1, -0.05) is 13.0 Å². The maximum Gasteiger partial charge on any atom is 0.191 e. The molecule has 0 spiro atoms. The van der Waals surface area contributed by atoms with Gasteiger partial charge in [-0.3, -0.25) is 4.99 Å². The topological polar surface area (TPSA) is 54.9 Å². The summed E-state index contributed by atoms with van der Waals surface area (Å²) < 4.78 is 11.6. The molecule has 2 N–H and O–H groups in total. The lowest BCUT2D eigenvalue weighted by Crippen LogP contribution is -2.38. The summed E-state index contributed by atoms with van der Waals surface area (Å²) in [5.41, 5.74) is 1.15. The van der Waals surface area contributed by atoms with Crippen LogP contribution < -0.4 is 20.1 Å². The minimum Gasteiger partial charge on any atom is -0.493 e. The summed E-state index contributed by atoms with van der Waals surface area (Å²) in [4.78, 5) is 4.28. The van der Waals surface area contributed by atoms with Crippen LogP contribution in [0.1, 0.15) is 44.6 Å². The zero-order chi connectivity index (χ0) is 16.9. The maximum atomic E-state index is 6.09. The van der Waals surface area contributed by atoms with Crippen LogP contribution in [-0.2, 0) is 6.54 Å². The Morgan fingerprint density at radius 3 is 2.62 bits per heavy atom. The largest absolute Gasteiger partial charge is 0.493 e. The van der Waals surface area contributed by atoms with Crippen LogP contribution in [0.25, 0.3) is 0 Å². The number of guanidine groups is 1. The van der Waals surface area contributed by atoms with Crippen molar-refractivity contribution < 1.29 is 9.47 Å². The number of rotatable bonds is 6. The highest BCUT2D eigenvalue weighted by Crippen LogP contribution is 2.32. The molecule has 0 aliphatic heterocycles. The van der Waals surface area contributed by atoms with E-state index in [0.29, 0.717) is 18.7 Å². The van der Waals surface area contributed by atoms with Crippen LogP contribution in [-0.4, -0.2) is 32.3 Å². The number of hydrogen-bond acceptors (Lipinski definition) is 3. The number of benzene rings is 1. The molecular formula is C19H29N3O2. The van der Waals surface area contributed by atoms with Crippen LogP contribution in [0.2, 0.25) is 0 Å². The van der Waals surface area contributed by atoms with E-state index in [9.17, 15) is 0 Å². The van der Waals surface area contributed by atoms with E-state index in [2.05, 4.69) is 28.6 Å². The normalized spacial score (nSPS) is 23.9. The van der Waals surface area contributed by atoms with E-state index in [1.54, 1.807) is 7.11 Å². The van der Waals surface area contributed by atoms with E-state index in [1.165, 1.54) is 19.3 Å².